The Hall–Kier alpha value is -2.64. The highest BCUT2D eigenvalue weighted by molar-refractivity contribution is 5.75. The molecule has 8 nitrogen and oxygen atoms in total. The van der Waals surface area contributed by atoms with Gasteiger partial charge in [-0.15, -0.1) is 0 Å². The first-order valence-corrected chi connectivity index (χ1v) is 7.72. The lowest BCUT2D eigenvalue weighted by atomic mass is 10.1. The predicted molar refractivity (Wildman–Crippen MR) is 83.8 cm³/mol. The van der Waals surface area contributed by atoms with Crippen LogP contribution in [0.15, 0.2) is 29.0 Å². The molecular weight excluding hydrogens is 296 g/mol. The van der Waals surface area contributed by atoms with E-state index in [9.17, 15) is 4.79 Å². The second-order valence-electron chi connectivity index (χ2n) is 5.45. The van der Waals surface area contributed by atoms with Crippen molar-refractivity contribution >= 4 is 12.0 Å². The van der Waals surface area contributed by atoms with Crippen molar-refractivity contribution in [3.05, 3.63) is 36.0 Å². The van der Waals surface area contributed by atoms with Crippen molar-refractivity contribution in [3.63, 3.8) is 0 Å². The summed E-state index contributed by atoms with van der Waals surface area (Å²) in [4.78, 5) is 22.3. The summed E-state index contributed by atoms with van der Waals surface area (Å²) in [5.74, 6) is 1.31. The molecule has 2 aromatic rings. The van der Waals surface area contributed by atoms with E-state index in [1.165, 1.54) is 0 Å². The summed E-state index contributed by atoms with van der Waals surface area (Å²) in [6.07, 6.45) is 5.20. The Morgan fingerprint density at radius 1 is 1.39 bits per heavy atom. The zero-order valence-corrected chi connectivity index (χ0v) is 13.0. The van der Waals surface area contributed by atoms with Gasteiger partial charge >= 0.3 is 6.03 Å². The molecule has 1 fully saturated rings. The maximum absolute atomic E-state index is 12.3. The van der Waals surface area contributed by atoms with Crippen LogP contribution in [0, 0.1) is 6.92 Å². The minimum Gasteiger partial charge on any atom is -0.359 e. The van der Waals surface area contributed by atoms with Gasteiger partial charge in [0.15, 0.2) is 5.76 Å². The van der Waals surface area contributed by atoms with E-state index >= 15 is 0 Å². The average molecular weight is 316 g/mol. The van der Waals surface area contributed by atoms with Gasteiger partial charge in [0.1, 0.15) is 0 Å². The van der Waals surface area contributed by atoms with Crippen LogP contribution in [0.5, 0.6) is 0 Å². The lowest BCUT2D eigenvalue weighted by molar-refractivity contribution is 0.183. The van der Waals surface area contributed by atoms with E-state index in [-0.39, 0.29) is 12.1 Å². The molecule has 1 atom stereocenters. The molecule has 0 aromatic carbocycles. The third kappa shape index (κ3) is 3.77. The molecule has 3 rings (SSSR count). The predicted octanol–water partition coefficient (Wildman–Crippen LogP) is 1.73. The molecule has 122 valence electrons. The number of aromatic nitrogens is 3. The van der Waals surface area contributed by atoms with Gasteiger partial charge in [-0.1, -0.05) is 5.16 Å². The number of likely N-dealkylation sites (tertiary alicyclic amines) is 1. The summed E-state index contributed by atoms with van der Waals surface area (Å²) >= 11 is 0. The zero-order valence-electron chi connectivity index (χ0n) is 13.0. The topological polar surface area (TPSA) is 96.2 Å². The fourth-order valence-corrected chi connectivity index (χ4v) is 2.68. The molecule has 1 aliphatic heterocycles. The Labute approximate surface area is 134 Å². The first kappa shape index (κ1) is 15.3. The number of nitrogens with zero attached hydrogens (tertiary/aromatic N) is 4. The summed E-state index contributed by atoms with van der Waals surface area (Å²) < 4.78 is 5.31. The minimum absolute atomic E-state index is 0.0263. The quantitative estimate of drug-likeness (QED) is 0.816. The lowest BCUT2D eigenvalue weighted by Crippen LogP contribution is -2.41. The number of amides is 2. The largest absolute Gasteiger partial charge is 0.359 e. The fraction of sp³-hybridized carbons (Fsp3) is 0.467. The first-order valence-electron chi connectivity index (χ1n) is 7.72. The molecule has 2 N–H and O–H groups in total. The van der Waals surface area contributed by atoms with Crippen molar-refractivity contribution in [2.45, 2.75) is 25.8 Å². The zero-order chi connectivity index (χ0) is 16.1. The van der Waals surface area contributed by atoms with Crippen LogP contribution in [0.4, 0.5) is 10.7 Å². The first-order chi connectivity index (χ1) is 11.2. The molecule has 0 radical (unpaired) electrons. The Kier molecular flexibility index (Phi) is 4.70. The number of anilines is 1. The van der Waals surface area contributed by atoms with Gasteiger partial charge in [0.05, 0.1) is 11.7 Å². The number of hydrogen-bond donors (Lipinski definition) is 2. The molecule has 0 unspecified atom stereocenters. The monoisotopic (exact) mass is 316 g/mol. The molecule has 2 amide bonds. The number of urea groups is 1. The van der Waals surface area contributed by atoms with Gasteiger partial charge in [-0.2, -0.15) is 0 Å². The highest BCUT2D eigenvalue weighted by Crippen LogP contribution is 2.32. The van der Waals surface area contributed by atoms with Crippen LogP contribution in [-0.4, -0.2) is 45.7 Å². The highest BCUT2D eigenvalue weighted by Gasteiger charge is 2.32. The Morgan fingerprint density at radius 3 is 2.96 bits per heavy atom. The van der Waals surface area contributed by atoms with Gasteiger partial charge in [0.25, 0.3) is 0 Å². The number of aryl methyl sites for hydroxylation is 1. The molecule has 0 saturated carbocycles. The molecule has 8 heteroatoms. The Morgan fingerprint density at radius 2 is 2.22 bits per heavy atom. The maximum atomic E-state index is 12.3. The summed E-state index contributed by atoms with van der Waals surface area (Å²) in [7, 11) is 0. The van der Waals surface area contributed by atoms with Crippen LogP contribution in [0.25, 0.3) is 0 Å². The summed E-state index contributed by atoms with van der Waals surface area (Å²) in [5, 5.41) is 9.87. The van der Waals surface area contributed by atoms with E-state index in [4.69, 9.17) is 4.52 Å². The van der Waals surface area contributed by atoms with Crippen molar-refractivity contribution in [1.29, 1.82) is 0 Å². The van der Waals surface area contributed by atoms with Crippen LogP contribution in [-0.2, 0) is 0 Å². The summed E-state index contributed by atoms with van der Waals surface area (Å²) in [5.41, 5.74) is 0.833. The van der Waals surface area contributed by atoms with Crippen molar-refractivity contribution in [2.75, 3.05) is 25.0 Å². The second kappa shape index (κ2) is 7.08. The number of rotatable bonds is 5. The molecule has 3 heterocycles. The van der Waals surface area contributed by atoms with E-state index in [1.807, 2.05) is 13.0 Å². The van der Waals surface area contributed by atoms with Gasteiger partial charge in [0.2, 0.25) is 5.95 Å². The van der Waals surface area contributed by atoms with Crippen molar-refractivity contribution in [3.8, 4) is 0 Å². The molecule has 0 aliphatic carbocycles. The standard InChI is InChI=1S/C15H20N6O2/c1-11-10-13(23-20-11)12-4-2-9-21(12)15(22)19-8-7-18-14-16-5-3-6-17-14/h3,5-6,10,12H,2,4,7-9H2,1H3,(H,19,22)(H,16,17,18)/t12-/m1/s1. The van der Waals surface area contributed by atoms with Gasteiger partial charge in [-0.3, -0.25) is 0 Å². The lowest BCUT2D eigenvalue weighted by Gasteiger charge is -2.23. The SMILES string of the molecule is Cc1cc([C@H]2CCCN2C(=O)NCCNc2ncccn2)on1. The number of carbonyl (C=O) groups is 1. The van der Waals surface area contributed by atoms with E-state index in [1.54, 1.807) is 23.4 Å². The Balaban J connectivity index is 1.47. The van der Waals surface area contributed by atoms with E-state index in [0.29, 0.717) is 19.0 Å². The third-order valence-electron chi connectivity index (χ3n) is 3.74. The second-order valence-corrected chi connectivity index (χ2v) is 5.45. The highest BCUT2D eigenvalue weighted by atomic mass is 16.5. The maximum Gasteiger partial charge on any atom is 0.318 e. The van der Waals surface area contributed by atoms with Crippen LogP contribution >= 0.6 is 0 Å². The molecule has 23 heavy (non-hydrogen) atoms. The van der Waals surface area contributed by atoms with Crippen LogP contribution in [0.1, 0.15) is 30.3 Å². The van der Waals surface area contributed by atoms with E-state index < -0.39 is 0 Å². The normalized spacial score (nSPS) is 17.3. The van der Waals surface area contributed by atoms with E-state index in [2.05, 4.69) is 25.8 Å². The van der Waals surface area contributed by atoms with Crippen molar-refractivity contribution < 1.29 is 9.32 Å². The van der Waals surface area contributed by atoms with Crippen molar-refractivity contribution in [2.24, 2.45) is 0 Å². The van der Waals surface area contributed by atoms with Crippen LogP contribution in [0.2, 0.25) is 0 Å². The minimum atomic E-state index is -0.0858. The molecule has 0 bridgehead atoms. The molecule has 1 saturated heterocycles. The van der Waals surface area contributed by atoms with Crippen molar-refractivity contribution in [1.82, 2.24) is 25.3 Å². The number of carbonyl (C=O) groups excluding carboxylic acids is 1. The van der Waals surface area contributed by atoms with Gasteiger partial charge in [-0.05, 0) is 25.8 Å². The molecular formula is C15H20N6O2. The number of nitrogens with one attached hydrogen (secondary N) is 2. The fourth-order valence-electron chi connectivity index (χ4n) is 2.68. The summed E-state index contributed by atoms with van der Waals surface area (Å²) in [6.45, 7) is 3.67. The summed E-state index contributed by atoms with van der Waals surface area (Å²) in [6, 6.07) is 3.54. The van der Waals surface area contributed by atoms with E-state index in [0.717, 1.165) is 30.8 Å². The molecule has 0 spiro atoms. The number of hydrogen-bond acceptors (Lipinski definition) is 6. The van der Waals surface area contributed by atoms with Crippen LogP contribution in [0.3, 0.4) is 0 Å². The van der Waals surface area contributed by atoms with Gasteiger partial charge < -0.3 is 20.1 Å². The molecule has 1 aliphatic rings. The smallest absolute Gasteiger partial charge is 0.318 e. The molecule has 2 aromatic heterocycles. The third-order valence-corrected chi connectivity index (χ3v) is 3.74. The Bertz CT molecular complexity index is 644. The van der Waals surface area contributed by atoms with Crippen LogP contribution < -0.4 is 10.6 Å². The van der Waals surface area contributed by atoms with Gasteiger partial charge in [0, 0.05) is 38.1 Å². The van der Waals surface area contributed by atoms with Gasteiger partial charge in [-0.25, -0.2) is 14.8 Å². The average Bonchev–Trinajstić information content (AvgIpc) is 3.21.